The maximum atomic E-state index is 12.2. The van der Waals surface area contributed by atoms with Crippen molar-refractivity contribution in [2.75, 3.05) is 5.32 Å². The van der Waals surface area contributed by atoms with Gasteiger partial charge in [-0.1, -0.05) is 29.2 Å². The van der Waals surface area contributed by atoms with Crippen LogP contribution in [0.4, 0.5) is 5.95 Å². The third-order valence-electron chi connectivity index (χ3n) is 2.90. The Hall–Kier alpha value is -2.35. The Balaban J connectivity index is 2.02. The lowest BCUT2D eigenvalue weighted by atomic mass is 10.1. The third kappa shape index (κ3) is 4.08. The molecule has 8 heteroatoms. The fourth-order valence-corrected chi connectivity index (χ4v) is 2.25. The molecule has 0 aliphatic carbocycles. The van der Waals surface area contributed by atoms with E-state index in [0.717, 1.165) is 17.5 Å². The number of carbonyl (C=O) groups is 1. The van der Waals surface area contributed by atoms with Gasteiger partial charge in [-0.05, 0) is 55.0 Å². The summed E-state index contributed by atoms with van der Waals surface area (Å²) in [5.41, 5.74) is 2.61. The van der Waals surface area contributed by atoms with Crippen molar-refractivity contribution in [1.82, 2.24) is 25.5 Å². The van der Waals surface area contributed by atoms with Crippen LogP contribution < -0.4 is 10.6 Å². The molecule has 2 aromatic rings. The Labute approximate surface area is 134 Å². The Bertz CT molecular complexity index is 676. The number of amides is 1. The molecule has 1 aromatic heterocycles. The predicted octanol–water partition coefficient (Wildman–Crippen LogP) is 1.83. The van der Waals surface area contributed by atoms with E-state index in [-0.39, 0.29) is 11.0 Å². The van der Waals surface area contributed by atoms with Crippen LogP contribution in [0.1, 0.15) is 34.8 Å². The zero-order valence-electron chi connectivity index (χ0n) is 12.8. The summed E-state index contributed by atoms with van der Waals surface area (Å²) < 4.78 is 1.59. The molecular formula is C14H18N6OS. The fraction of sp³-hybridized carbons (Fsp3) is 0.357. The number of benzene rings is 1. The topological polar surface area (TPSA) is 84.7 Å². The molecule has 1 amide bonds. The molecular weight excluding hydrogens is 300 g/mol. The highest BCUT2D eigenvalue weighted by atomic mass is 32.1. The van der Waals surface area contributed by atoms with Crippen LogP contribution in [-0.2, 0) is 6.54 Å². The summed E-state index contributed by atoms with van der Waals surface area (Å²) in [7, 11) is 0. The van der Waals surface area contributed by atoms with Crippen molar-refractivity contribution in [1.29, 1.82) is 0 Å². The largest absolute Gasteiger partial charge is 0.300 e. The highest BCUT2D eigenvalue weighted by molar-refractivity contribution is 7.80. The summed E-state index contributed by atoms with van der Waals surface area (Å²) in [4.78, 5) is 12.2. The van der Waals surface area contributed by atoms with Crippen LogP contribution in [0.2, 0.25) is 0 Å². The maximum Gasteiger partial charge on any atom is 0.257 e. The average molecular weight is 318 g/mol. The predicted molar refractivity (Wildman–Crippen MR) is 87.7 cm³/mol. The van der Waals surface area contributed by atoms with Gasteiger partial charge in [0, 0.05) is 12.1 Å². The van der Waals surface area contributed by atoms with Gasteiger partial charge in [-0.2, -0.15) is 0 Å². The summed E-state index contributed by atoms with van der Waals surface area (Å²) in [5.74, 6) is 0.145. The molecule has 0 spiro atoms. The number of thiocarbonyl (C=S) groups is 1. The number of nitrogens with zero attached hydrogens (tertiary/aromatic N) is 4. The first-order valence-electron chi connectivity index (χ1n) is 6.96. The summed E-state index contributed by atoms with van der Waals surface area (Å²) in [5, 5.41) is 16.9. The molecule has 0 aliphatic heterocycles. The average Bonchev–Trinajstić information content (AvgIpc) is 2.85. The highest BCUT2D eigenvalue weighted by Gasteiger charge is 2.11. The number of nitrogens with one attached hydrogen (secondary N) is 2. The van der Waals surface area contributed by atoms with E-state index in [1.807, 2.05) is 39.0 Å². The smallest absolute Gasteiger partial charge is 0.257 e. The summed E-state index contributed by atoms with van der Waals surface area (Å²) in [6.45, 7) is 6.58. The Morgan fingerprint density at radius 1 is 1.27 bits per heavy atom. The van der Waals surface area contributed by atoms with Gasteiger partial charge in [0.15, 0.2) is 5.11 Å². The van der Waals surface area contributed by atoms with Gasteiger partial charge in [-0.3, -0.25) is 15.4 Å². The lowest BCUT2D eigenvalue weighted by Crippen LogP contribution is -2.35. The number of rotatable bonds is 4. The second kappa shape index (κ2) is 7.08. The molecule has 1 aromatic carbocycles. The number of hydrogen-bond donors (Lipinski definition) is 2. The molecule has 0 bridgehead atoms. The van der Waals surface area contributed by atoms with Crippen LogP contribution in [0, 0.1) is 13.8 Å². The van der Waals surface area contributed by atoms with Crippen LogP contribution in [0.15, 0.2) is 18.2 Å². The number of tetrazole rings is 1. The van der Waals surface area contributed by atoms with Gasteiger partial charge >= 0.3 is 0 Å². The zero-order valence-corrected chi connectivity index (χ0v) is 13.6. The van der Waals surface area contributed by atoms with Gasteiger partial charge < -0.3 is 0 Å². The number of aromatic nitrogens is 4. The van der Waals surface area contributed by atoms with Gasteiger partial charge in [-0.15, -0.1) is 0 Å². The minimum Gasteiger partial charge on any atom is -0.300 e. The molecule has 1 heterocycles. The molecule has 0 aliphatic rings. The van der Waals surface area contributed by atoms with Crippen molar-refractivity contribution in [3.8, 4) is 0 Å². The van der Waals surface area contributed by atoms with Crippen molar-refractivity contribution in [2.45, 2.75) is 33.7 Å². The van der Waals surface area contributed by atoms with Crippen molar-refractivity contribution >= 4 is 29.2 Å². The molecule has 2 rings (SSSR count). The van der Waals surface area contributed by atoms with Crippen molar-refractivity contribution in [3.63, 3.8) is 0 Å². The van der Waals surface area contributed by atoms with E-state index < -0.39 is 0 Å². The van der Waals surface area contributed by atoms with Crippen LogP contribution in [0.5, 0.6) is 0 Å². The first kappa shape index (κ1) is 16.0. The van der Waals surface area contributed by atoms with Crippen LogP contribution in [0.3, 0.4) is 0 Å². The number of hydrogen-bond acceptors (Lipinski definition) is 5. The van der Waals surface area contributed by atoms with Crippen LogP contribution >= 0.6 is 12.2 Å². The summed E-state index contributed by atoms with van der Waals surface area (Å²) in [6.07, 6.45) is 0.890. The second-order valence-corrected chi connectivity index (χ2v) is 5.42. The fourth-order valence-electron chi connectivity index (χ4n) is 2.07. The van der Waals surface area contributed by atoms with Crippen molar-refractivity contribution in [2.24, 2.45) is 0 Å². The molecule has 0 unspecified atom stereocenters. The minimum absolute atomic E-state index is 0.163. The molecule has 0 saturated carbocycles. The number of aryl methyl sites for hydroxylation is 3. The third-order valence-corrected chi connectivity index (χ3v) is 3.11. The van der Waals surface area contributed by atoms with Gasteiger partial charge in [0.2, 0.25) is 5.95 Å². The SMILES string of the molecule is CCCn1nnnc1NC(=S)NC(=O)c1cc(C)cc(C)c1. The van der Waals surface area contributed by atoms with Gasteiger partial charge in [-0.25, -0.2) is 4.68 Å². The second-order valence-electron chi connectivity index (χ2n) is 5.01. The monoisotopic (exact) mass is 318 g/mol. The first-order valence-corrected chi connectivity index (χ1v) is 7.37. The lowest BCUT2D eigenvalue weighted by Gasteiger charge is -2.10. The van der Waals surface area contributed by atoms with Gasteiger partial charge in [0.1, 0.15) is 0 Å². The summed E-state index contributed by atoms with van der Waals surface area (Å²) >= 11 is 5.14. The van der Waals surface area contributed by atoms with Gasteiger partial charge in [0.25, 0.3) is 5.91 Å². The van der Waals surface area contributed by atoms with E-state index in [1.165, 1.54) is 0 Å². The standard InChI is InChI=1S/C14H18N6OS/c1-4-5-20-13(17-18-19-20)16-14(22)15-12(21)11-7-9(2)6-10(3)8-11/h6-8H,4-5H2,1-3H3,(H2,15,16,17,19,21,22). The molecule has 2 N–H and O–H groups in total. The minimum atomic E-state index is -0.265. The quantitative estimate of drug-likeness (QED) is 0.837. The number of anilines is 1. The maximum absolute atomic E-state index is 12.2. The van der Waals surface area contributed by atoms with Gasteiger partial charge in [0.05, 0.1) is 0 Å². The Kier molecular flexibility index (Phi) is 5.16. The van der Waals surface area contributed by atoms with E-state index >= 15 is 0 Å². The molecule has 0 saturated heterocycles. The molecule has 116 valence electrons. The first-order chi connectivity index (χ1) is 10.5. The summed E-state index contributed by atoms with van der Waals surface area (Å²) in [6, 6.07) is 5.63. The number of carbonyl (C=O) groups excluding carboxylic acids is 1. The van der Waals surface area contributed by atoms with E-state index in [2.05, 4.69) is 26.2 Å². The van der Waals surface area contributed by atoms with Crippen LogP contribution in [-0.4, -0.2) is 31.2 Å². The highest BCUT2D eigenvalue weighted by Crippen LogP contribution is 2.09. The molecule has 0 fully saturated rings. The molecule has 0 atom stereocenters. The zero-order chi connectivity index (χ0) is 16.1. The van der Waals surface area contributed by atoms with E-state index in [0.29, 0.717) is 18.1 Å². The molecule has 22 heavy (non-hydrogen) atoms. The van der Waals surface area contributed by atoms with E-state index in [4.69, 9.17) is 12.2 Å². The molecule has 7 nitrogen and oxygen atoms in total. The Morgan fingerprint density at radius 3 is 2.59 bits per heavy atom. The van der Waals surface area contributed by atoms with E-state index in [1.54, 1.807) is 4.68 Å². The van der Waals surface area contributed by atoms with E-state index in [9.17, 15) is 4.79 Å². The van der Waals surface area contributed by atoms with Crippen molar-refractivity contribution < 1.29 is 4.79 Å². The van der Waals surface area contributed by atoms with Crippen molar-refractivity contribution in [3.05, 3.63) is 34.9 Å². The molecule has 0 radical (unpaired) electrons. The Morgan fingerprint density at radius 2 is 1.95 bits per heavy atom. The van der Waals surface area contributed by atoms with Crippen LogP contribution in [0.25, 0.3) is 0 Å². The lowest BCUT2D eigenvalue weighted by molar-refractivity contribution is 0.0977. The normalized spacial score (nSPS) is 10.3.